The molecular formula is C24H18Cl2N6O. The molecule has 0 radical (unpaired) electrons. The van der Waals surface area contributed by atoms with Crippen molar-refractivity contribution in [2.75, 3.05) is 5.32 Å². The smallest absolute Gasteiger partial charge is 0.319 e. The Kier molecular flexibility index (Phi) is 5.81. The number of carbonyl (C=O) groups is 1. The Bertz CT molecular complexity index is 1380. The van der Waals surface area contributed by atoms with E-state index in [0.29, 0.717) is 33.9 Å². The molecule has 1 aromatic heterocycles. The first-order valence-corrected chi connectivity index (χ1v) is 11.0. The zero-order chi connectivity index (χ0) is 22.8. The van der Waals surface area contributed by atoms with Crippen molar-refractivity contribution in [2.24, 2.45) is 4.99 Å². The number of hydrogen-bond donors (Lipinski definition) is 2. The Labute approximate surface area is 200 Å². The van der Waals surface area contributed by atoms with Gasteiger partial charge >= 0.3 is 6.03 Å². The number of nitrogens with zero attached hydrogens (tertiary/aromatic N) is 4. The number of benzene rings is 3. The van der Waals surface area contributed by atoms with Gasteiger partial charge in [0.15, 0.2) is 11.6 Å². The first kappa shape index (κ1) is 21.2. The number of fused-ring (bicyclic) bond motifs is 3. The van der Waals surface area contributed by atoms with Crippen LogP contribution in [0.2, 0.25) is 10.0 Å². The molecule has 164 valence electrons. The maximum absolute atomic E-state index is 12.4. The average Bonchev–Trinajstić information content (AvgIpc) is 3.16. The summed E-state index contributed by atoms with van der Waals surface area (Å²) in [4.78, 5) is 17.2. The number of aromatic nitrogens is 3. The molecule has 33 heavy (non-hydrogen) atoms. The van der Waals surface area contributed by atoms with E-state index in [0.717, 1.165) is 22.5 Å². The highest BCUT2D eigenvalue weighted by Crippen LogP contribution is 2.28. The first-order chi connectivity index (χ1) is 16.1. The number of aliphatic imine (C=N–C) groups is 1. The minimum atomic E-state index is -0.393. The van der Waals surface area contributed by atoms with Gasteiger partial charge in [-0.2, -0.15) is 0 Å². The van der Waals surface area contributed by atoms with E-state index in [1.165, 1.54) is 0 Å². The SMILES string of the molecule is O=C(NCc1nnc2n1-c1ccccc1C(c1ccccc1Cl)=NC2)Nc1ccccc1Cl. The second-order valence-corrected chi connectivity index (χ2v) is 8.13. The van der Waals surface area contributed by atoms with E-state index in [-0.39, 0.29) is 6.54 Å². The van der Waals surface area contributed by atoms with Crippen molar-refractivity contribution in [3.05, 3.63) is 106 Å². The normalized spacial score (nSPS) is 12.2. The fourth-order valence-electron chi connectivity index (χ4n) is 3.72. The summed E-state index contributed by atoms with van der Waals surface area (Å²) in [6.07, 6.45) is 0. The Morgan fingerprint density at radius 2 is 1.58 bits per heavy atom. The molecule has 4 aromatic rings. The molecule has 3 aromatic carbocycles. The summed E-state index contributed by atoms with van der Waals surface area (Å²) in [5.74, 6) is 1.26. The van der Waals surface area contributed by atoms with Crippen LogP contribution < -0.4 is 10.6 Å². The lowest BCUT2D eigenvalue weighted by Crippen LogP contribution is -2.29. The van der Waals surface area contributed by atoms with E-state index in [1.54, 1.807) is 24.3 Å². The van der Waals surface area contributed by atoms with Gasteiger partial charge in [-0.1, -0.05) is 71.7 Å². The molecule has 0 saturated heterocycles. The van der Waals surface area contributed by atoms with E-state index in [9.17, 15) is 4.79 Å². The molecule has 0 fully saturated rings. The molecule has 9 heteroatoms. The van der Waals surface area contributed by atoms with Gasteiger partial charge in [0.2, 0.25) is 0 Å². The summed E-state index contributed by atoms with van der Waals surface area (Å²) in [6.45, 7) is 0.493. The first-order valence-electron chi connectivity index (χ1n) is 10.2. The lowest BCUT2D eigenvalue weighted by Gasteiger charge is -2.14. The third-order valence-electron chi connectivity index (χ3n) is 5.23. The molecule has 2 N–H and O–H groups in total. The van der Waals surface area contributed by atoms with Crippen molar-refractivity contribution in [3.63, 3.8) is 0 Å². The maximum atomic E-state index is 12.4. The van der Waals surface area contributed by atoms with Gasteiger partial charge in [0.25, 0.3) is 0 Å². The van der Waals surface area contributed by atoms with Crippen LogP contribution in [0.3, 0.4) is 0 Å². The van der Waals surface area contributed by atoms with Crippen LogP contribution >= 0.6 is 23.2 Å². The van der Waals surface area contributed by atoms with Crippen LogP contribution in [0.15, 0.2) is 77.8 Å². The number of para-hydroxylation sites is 2. The lowest BCUT2D eigenvalue weighted by atomic mass is 10.0. The van der Waals surface area contributed by atoms with Crippen LogP contribution in [-0.4, -0.2) is 26.5 Å². The van der Waals surface area contributed by atoms with Gasteiger partial charge in [-0.15, -0.1) is 10.2 Å². The van der Waals surface area contributed by atoms with Crippen LogP contribution in [0.4, 0.5) is 10.5 Å². The van der Waals surface area contributed by atoms with E-state index in [4.69, 9.17) is 28.2 Å². The molecule has 0 bridgehead atoms. The third kappa shape index (κ3) is 4.20. The van der Waals surface area contributed by atoms with Gasteiger partial charge in [-0.05, 0) is 24.3 Å². The van der Waals surface area contributed by atoms with Crippen LogP contribution in [-0.2, 0) is 13.1 Å². The quantitative estimate of drug-likeness (QED) is 0.421. The minimum Gasteiger partial charge on any atom is -0.331 e. The van der Waals surface area contributed by atoms with Gasteiger partial charge in [-0.3, -0.25) is 9.56 Å². The van der Waals surface area contributed by atoms with Crippen LogP contribution in [0.5, 0.6) is 0 Å². The predicted octanol–water partition coefficient (Wildman–Crippen LogP) is 5.25. The molecule has 0 spiro atoms. The van der Waals surface area contributed by atoms with Crippen LogP contribution in [0.25, 0.3) is 5.69 Å². The van der Waals surface area contributed by atoms with Gasteiger partial charge < -0.3 is 10.6 Å². The monoisotopic (exact) mass is 476 g/mol. The summed E-state index contributed by atoms with van der Waals surface area (Å²) >= 11 is 12.6. The van der Waals surface area contributed by atoms with Gasteiger partial charge in [0, 0.05) is 16.1 Å². The summed E-state index contributed by atoms with van der Waals surface area (Å²) < 4.78 is 1.93. The second-order valence-electron chi connectivity index (χ2n) is 7.32. The molecule has 7 nitrogen and oxygen atoms in total. The molecule has 1 aliphatic heterocycles. The van der Waals surface area contributed by atoms with Crippen molar-refractivity contribution in [2.45, 2.75) is 13.1 Å². The van der Waals surface area contributed by atoms with Crippen molar-refractivity contribution >= 4 is 40.6 Å². The molecule has 2 heterocycles. The van der Waals surface area contributed by atoms with Crippen molar-refractivity contribution in [3.8, 4) is 5.69 Å². The Hall–Kier alpha value is -3.68. The maximum Gasteiger partial charge on any atom is 0.319 e. The number of anilines is 1. The highest BCUT2D eigenvalue weighted by molar-refractivity contribution is 6.35. The average molecular weight is 477 g/mol. The van der Waals surface area contributed by atoms with Gasteiger partial charge in [-0.25, -0.2) is 4.79 Å². The van der Waals surface area contributed by atoms with Crippen LogP contribution in [0.1, 0.15) is 22.8 Å². The summed E-state index contributed by atoms with van der Waals surface area (Å²) in [5, 5.41) is 15.3. The van der Waals surface area contributed by atoms with E-state index in [1.807, 2.05) is 53.1 Å². The predicted molar refractivity (Wildman–Crippen MR) is 129 cm³/mol. The zero-order valence-electron chi connectivity index (χ0n) is 17.3. The van der Waals surface area contributed by atoms with Gasteiger partial charge in [0.05, 0.1) is 28.7 Å². The molecule has 1 aliphatic rings. The molecule has 2 amide bonds. The fraction of sp³-hybridized carbons (Fsp3) is 0.0833. The molecular weight excluding hydrogens is 459 g/mol. The molecule has 0 atom stereocenters. The van der Waals surface area contributed by atoms with Crippen molar-refractivity contribution in [1.82, 2.24) is 20.1 Å². The number of rotatable bonds is 4. The summed E-state index contributed by atoms with van der Waals surface area (Å²) in [6, 6.07) is 22.1. The minimum absolute atomic E-state index is 0.166. The van der Waals surface area contributed by atoms with E-state index < -0.39 is 6.03 Å². The largest absolute Gasteiger partial charge is 0.331 e. The van der Waals surface area contributed by atoms with E-state index >= 15 is 0 Å². The number of amides is 2. The number of hydrogen-bond acceptors (Lipinski definition) is 4. The zero-order valence-corrected chi connectivity index (χ0v) is 18.8. The topological polar surface area (TPSA) is 84.2 Å². The number of urea groups is 1. The summed E-state index contributed by atoms with van der Waals surface area (Å²) in [7, 11) is 0. The Morgan fingerprint density at radius 1 is 0.879 bits per heavy atom. The Balaban J connectivity index is 1.44. The molecule has 5 rings (SSSR count). The second kappa shape index (κ2) is 9.05. The van der Waals surface area contributed by atoms with Crippen molar-refractivity contribution in [1.29, 1.82) is 0 Å². The van der Waals surface area contributed by atoms with E-state index in [2.05, 4.69) is 20.8 Å². The standard InChI is InChI=1S/C24H18Cl2N6O/c25-17-9-3-1-7-15(17)23-16-8-2-6-12-20(16)32-21(13-27-23)30-31-22(32)14-28-24(33)29-19-11-5-4-10-18(19)26/h1-12H,13-14H2,(H2,28,29,33). The van der Waals surface area contributed by atoms with Crippen molar-refractivity contribution < 1.29 is 4.79 Å². The number of carbonyl (C=O) groups excluding carboxylic acids is 1. The lowest BCUT2D eigenvalue weighted by molar-refractivity contribution is 0.251. The van der Waals surface area contributed by atoms with Gasteiger partial charge in [0.1, 0.15) is 6.54 Å². The molecule has 0 aliphatic carbocycles. The number of halogens is 2. The number of nitrogens with one attached hydrogen (secondary N) is 2. The third-order valence-corrected chi connectivity index (χ3v) is 5.89. The fourth-order valence-corrected chi connectivity index (χ4v) is 4.13. The highest BCUT2D eigenvalue weighted by Gasteiger charge is 2.23. The molecule has 0 unspecified atom stereocenters. The van der Waals surface area contributed by atoms with Crippen LogP contribution in [0, 0.1) is 0 Å². The summed E-state index contributed by atoms with van der Waals surface area (Å²) in [5.41, 5.74) is 3.95. The highest BCUT2D eigenvalue weighted by atomic mass is 35.5. The molecule has 0 saturated carbocycles. The Morgan fingerprint density at radius 3 is 2.36 bits per heavy atom.